The molecule has 5 heteroatoms. The molecule has 66 valence electrons. The first-order valence-electron chi connectivity index (χ1n) is 3.31. The number of nitrogens with two attached hydrogens (primary N) is 1. The molecule has 1 rings (SSSR count). The van der Waals surface area contributed by atoms with E-state index in [-0.39, 0.29) is 6.42 Å². The number of hydrogen-bond acceptors (Lipinski definition) is 3. The maximum atomic E-state index is 10.3. The largest absolute Gasteiger partial charge is 0.480 e. The van der Waals surface area contributed by atoms with Crippen molar-refractivity contribution in [2.75, 3.05) is 0 Å². The summed E-state index contributed by atoms with van der Waals surface area (Å²) in [7, 11) is 0. The Hall–Kier alpha value is -0.810. The van der Waals surface area contributed by atoms with Crippen molar-refractivity contribution >= 4 is 21.9 Å². The number of furan rings is 1. The fourth-order valence-corrected chi connectivity index (χ4v) is 1.11. The Kier molecular flexibility index (Phi) is 2.88. The van der Waals surface area contributed by atoms with E-state index in [0.29, 0.717) is 5.76 Å². The van der Waals surface area contributed by atoms with E-state index in [1.54, 1.807) is 6.07 Å². The van der Waals surface area contributed by atoms with Gasteiger partial charge < -0.3 is 15.3 Å². The molecule has 0 aromatic carbocycles. The summed E-state index contributed by atoms with van der Waals surface area (Å²) < 4.78 is 5.78. The molecular formula is C7H8BrNO3. The average Bonchev–Trinajstić information content (AvgIpc) is 2.35. The van der Waals surface area contributed by atoms with Crippen LogP contribution in [0.4, 0.5) is 0 Å². The summed E-state index contributed by atoms with van der Waals surface area (Å²) in [6, 6.07) is 0.797. The highest BCUT2D eigenvalue weighted by molar-refractivity contribution is 9.10. The normalized spacial score (nSPS) is 12.8. The zero-order chi connectivity index (χ0) is 9.14. The first-order valence-corrected chi connectivity index (χ1v) is 4.10. The first-order chi connectivity index (χ1) is 5.59. The standard InChI is InChI=1S/C7H8BrNO3/c8-4-1-5(12-3-4)2-6(9)7(10)11/h1,3,6H,2,9H2,(H,10,11)/t6-/m1/s1. The lowest BCUT2D eigenvalue weighted by atomic mass is 10.2. The van der Waals surface area contributed by atoms with Crippen LogP contribution in [-0.4, -0.2) is 17.1 Å². The van der Waals surface area contributed by atoms with Gasteiger partial charge in [0.15, 0.2) is 0 Å². The van der Waals surface area contributed by atoms with Gasteiger partial charge >= 0.3 is 5.97 Å². The average molecular weight is 234 g/mol. The molecule has 0 bridgehead atoms. The van der Waals surface area contributed by atoms with Gasteiger partial charge in [-0.05, 0) is 22.0 Å². The summed E-state index contributed by atoms with van der Waals surface area (Å²) in [5.74, 6) is -0.459. The summed E-state index contributed by atoms with van der Waals surface area (Å²) >= 11 is 3.18. The second-order valence-electron chi connectivity index (χ2n) is 2.38. The first kappa shape index (κ1) is 9.28. The number of aliphatic carboxylic acids is 1. The molecule has 0 radical (unpaired) electrons. The Labute approximate surface area is 77.5 Å². The van der Waals surface area contributed by atoms with Crippen molar-refractivity contribution in [1.82, 2.24) is 0 Å². The second kappa shape index (κ2) is 3.73. The van der Waals surface area contributed by atoms with Gasteiger partial charge in [-0.2, -0.15) is 0 Å². The van der Waals surface area contributed by atoms with Gasteiger partial charge in [0.25, 0.3) is 0 Å². The van der Waals surface area contributed by atoms with Crippen LogP contribution in [-0.2, 0) is 11.2 Å². The Balaban J connectivity index is 2.58. The van der Waals surface area contributed by atoms with Crippen molar-refractivity contribution in [3.8, 4) is 0 Å². The van der Waals surface area contributed by atoms with Gasteiger partial charge in [-0.15, -0.1) is 0 Å². The van der Waals surface area contributed by atoms with Crippen LogP contribution in [0.1, 0.15) is 5.76 Å². The Morgan fingerprint density at radius 2 is 2.50 bits per heavy atom. The molecule has 0 spiro atoms. The van der Waals surface area contributed by atoms with E-state index >= 15 is 0 Å². The SMILES string of the molecule is N[C@H](Cc1cc(Br)co1)C(=O)O. The van der Waals surface area contributed by atoms with Crippen LogP contribution in [0.2, 0.25) is 0 Å². The highest BCUT2D eigenvalue weighted by atomic mass is 79.9. The lowest BCUT2D eigenvalue weighted by Gasteiger charge is -2.01. The van der Waals surface area contributed by atoms with E-state index in [0.717, 1.165) is 4.47 Å². The summed E-state index contributed by atoms with van der Waals surface area (Å²) in [4.78, 5) is 10.3. The molecule has 0 aliphatic rings. The van der Waals surface area contributed by atoms with Crippen LogP contribution in [0.5, 0.6) is 0 Å². The number of carboxylic acids is 1. The van der Waals surface area contributed by atoms with Gasteiger partial charge in [0, 0.05) is 6.42 Å². The Morgan fingerprint density at radius 3 is 2.92 bits per heavy atom. The molecule has 3 N–H and O–H groups in total. The molecule has 0 aliphatic carbocycles. The molecule has 0 fully saturated rings. The van der Waals surface area contributed by atoms with Gasteiger partial charge in [-0.3, -0.25) is 4.79 Å². The van der Waals surface area contributed by atoms with Crippen molar-refractivity contribution in [3.63, 3.8) is 0 Å². The molecule has 12 heavy (non-hydrogen) atoms. The van der Waals surface area contributed by atoms with Crippen molar-refractivity contribution < 1.29 is 14.3 Å². The van der Waals surface area contributed by atoms with Gasteiger partial charge in [0.2, 0.25) is 0 Å². The fraction of sp³-hybridized carbons (Fsp3) is 0.286. The minimum absolute atomic E-state index is 0.209. The molecular weight excluding hydrogens is 226 g/mol. The molecule has 0 aliphatic heterocycles. The van der Waals surface area contributed by atoms with Crippen molar-refractivity contribution in [3.05, 3.63) is 22.6 Å². The van der Waals surface area contributed by atoms with E-state index in [4.69, 9.17) is 15.3 Å². The summed E-state index contributed by atoms with van der Waals surface area (Å²) in [6.45, 7) is 0. The van der Waals surface area contributed by atoms with E-state index < -0.39 is 12.0 Å². The monoisotopic (exact) mass is 233 g/mol. The third-order valence-electron chi connectivity index (χ3n) is 1.36. The number of carboxylic acid groups (broad SMARTS) is 1. The number of rotatable bonds is 3. The molecule has 0 unspecified atom stereocenters. The number of hydrogen-bond donors (Lipinski definition) is 2. The summed E-state index contributed by atoms with van der Waals surface area (Å²) in [5, 5.41) is 8.47. The third kappa shape index (κ3) is 2.35. The molecule has 0 saturated carbocycles. The van der Waals surface area contributed by atoms with E-state index in [2.05, 4.69) is 15.9 Å². The Morgan fingerprint density at radius 1 is 1.83 bits per heavy atom. The van der Waals surface area contributed by atoms with Gasteiger partial charge in [-0.1, -0.05) is 0 Å². The Bertz CT molecular complexity index is 284. The quantitative estimate of drug-likeness (QED) is 0.817. The van der Waals surface area contributed by atoms with Crippen LogP contribution < -0.4 is 5.73 Å². The molecule has 1 aromatic heterocycles. The lowest BCUT2D eigenvalue weighted by Crippen LogP contribution is -2.32. The van der Waals surface area contributed by atoms with E-state index in [1.807, 2.05) is 0 Å². The van der Waals surface area contributed by atoms with Crippen LogP contribution in [0, 0.1) is 0 Å². The van der Waals surface area contributed by atoms with Crippen LogP contribution in [0.25, 0.3) is 0 Å². The van der Waals surface area contributed by atoms with Crippen LogP contribution >= 0.6 is 15.9 Å². The minimum atomic E-state index is -1.03. The predicted molar refractivity (Wildman–Crippen MR) is 45.7 cm³/mol. The second-order valence-corrected chi connectivity index (χ2v) is 3.30. The van der Waals surface area contributed by atoms with Crippen molar-refractivity contribution in [1.29, 1.82) is 0 Å². The molecule has 1 atom stereocenters. The van der Waals surface area contributed by atoms with Crippen molar-refractivity contribution in [2.24, 2.45) is 5.73 Å². The zero-order valence-corrected chi connectivity index (χ0v) is 7.74. The number of carbonyl (C=O) groups is 1. The third-order valence-corrected chi connectivity index (χ3v) is 1.78. The summed E-state index contributed by atoms with van der Waals surface area (Å²) in [5.41, 5.74) is 5.28. The summed E-state index contributed by atoms with van der Waals surface area (Å²) in [6.07, 6.45) is 1.70. The highest BCUT2D eigenvalue weighted by Crippen LogP contribution is 2.14. The van der Waals surface area contributed by atoms with E-state index in [9.17, 15) is 4.79 Å². The molecule has 1 aromatic rings. The molecule has 0 amide bonds. The fourth-order valence-electron chi connectivity index (χ4n) is 0.765. The van der Waals surface area contributed by atoms with Gasteiger partial charge in [0.1, 0.15) is 18.1 Å². The van der Waals surface area contributed by atoms with Gasteiger partial charge in [0.05, 0.1) is 4.47 Å². The molecule has 1 heterocycles. The maximum absolute atomic E-state index is 10.3. The minimum Gasteiger partial charge on any atom is -0.480 e. The number of halogens is 1. The lowest BCUT2D eigenvalue weighted by molar-refractivity contribution is -0.138. The topological polar surface area (TPSA) is 76.5 Å². The molecule has 4 nitrogen and oxygen atoms in total. The van der Waals surface area contributed by atoms with Crippen molar-refractivity contribution in [2.45, 2.75) is 12.5 Å². The zero-order valence-electron chi connectivity index (χ0n) is 6.16. The van der Waals surface area contributed by atoms with Gasteiger partial charge in [-0.25, -0.2) is 0 Å². The van der Waals surface area contributed by atoms with E-state index in [1.165, 1.54) is 6.26 Å². The van der Waals surface area contributed by atoms with Crippen LogP contribution in [0.15, 0.2) is 21.2 Å². The highest BCUT2D eigenvalue weighted by Gasteiger charge is 2.13. The smallest absolute Gasteiger partial charge is 0.320 e. The van der Waals surface area contributed by atoms with Crippen LogP contribution in [0.3, 0.4) is 0 Å². The predicted octanol–water partition coefficient (Wildman–Crippen LogP) is 0.997. The molecule has 0 saturated heterocycles. The maximum Gasteiger partial charge on any atom is 0.320 e.